The van der Waals surface area contributed by atoms with Gasteiger partial charge in [-0.1, -0.05) is 163 Å². The second-order valence-electron chi connectivity index (χ2n) is 13.5. The number of allylic oxidation sites excluding steroid dienone is 13. The summed E-state index contributed by atoms with van der Waals surface area (Å²) in [4.78, 5) is 12.5. The largest absolute Gasteiger partial charge is 0.387 e. The van der Waals surface area contributed by atoms with Crippen LogP contribution in [0.3, 0.4) is 0 Å². The fourth-order valence-electron chi connectivity index (χ4n) is 5.53. The lowest BCUT2D eigenvalue weighted by atomic mass is 10.1. The van der Waals surface area contributed by atoms with Gasteiger partial charge in [0.25, 0.3) is 10.1 Å². The second-order valence-corrected chi connectivity index (χ2v) is 15.0. The number of hydrogen-bond acceptors (Lipinski definition) is 4. The fourth-order valence-corrected chi connectivity index (χ4v) is 6.26. The summed E-state index contributed by atoms with van der Waals surface area (Å²) in [5.74, 6) is -1.07. The van der Waals surface area contributed by atoms with E-state index in [2.05, 4.69) is 92.1 Å². The number of carbonyl (C=O) groups excluding carboxylic acids is 1. The third kappa shape index (κ3) is 38.6. The van der Waals surface area contributed by atoms with Crippen LogP contribution in [-0.2, 0) is 14.9 Å². The summed E-state index contributed by atoms with van der Waals surface area (Å²) in [6, 6.07) is -1.11. The van der Waals surface area contributed by atoms with Crippen LogP contribution in [0.15, 0.2) is 85.1 Å². The molecule has 0 aliphatic carbocycles. The van der Waals surface area contributed by atoms with Gasteiger partial charge in [-0.3, -0.25) is 9.35 Å². The summed E-state index contributed by atoms with van der Waals surface area (Å²) in [6.07, 6.45) is 54.3. The minimum absolute atomic E-state index is 0.227. The molecule has 0 fully saturated rings. The van der Waals surface area contributed by atoms with Gasteiger partial charge in [0.15, 0.2) is 0 Å². The van der Waals surface area contributed by atoms with Crippen molar-refractivity contribution in [2.75, 3.05) is 5.75 Å². The number of hydrogen-bond donors (Lipinski definition) is 3. The van der Waals surface area contributed by atoms with Crippen LogP contribution in [0.25, 0.3) is 0 Å². The van der Waals surface area contributed by atoms with Crippen LogP contribution < -0.4 is 5.32 Å². The fraction of sp³-hybridized carbons (Fsp3) is 0.659. The molecule has 0 aromatic heterocycles. The maximum Gasteiger partial charge on any atom is 0.267 e. The van der Waals surface area contributed by atoms with Gasteiger partial charge in [0, 0.05) is 6.42 Å². The molecule has 0 radical (unpaired) electrons. The van der Waals surface area contributed by atoms with Crippen LogP contribution in [0.4, 0.5) is 0 Å². The Balaban J connectivity index is 4.09. The highest BCUT2D eigenvalue weighted by Gasteiger charge is 2.24. The Morgan fingerprint density at radius 2 is 0.961 bits per heavy atom. The zero-order chi connectivity index (χ0) is 37.5. The van der Waals surface area contributed by atoms with Crippen molar-refractivity contribution >= 4 is 16.0 Å². The Morgan fingerprint density at radius 3 is 1.47 bits per heavy atom. The van der Waals surface area contributed by atoms with Gasteiger partial charge >= 0.3 is 0 Å². The molecule has 0 aliphatic rings. The van der Waals surface area contributed by atoms with Gasteiger partial charge < -0.3 is 10.4 Å². The zero-order valence-electron chi connectivity index (χ0n) is 32.4. The predicted octanol–water partition coefficient (Wildman–Crippen LogP) is 12.0. The van der Waals surface area contributed by atoms with E-state index in [9.17, 15) is 22.9 Å². The number of aliphatic hydroxyl groups excluding tert-OH is 1. The van der Waals surface area contributed by atoms with E-state index in [0.29, 0.717) is 12.8 Å². The number of aliphatic hydroxyl groups is 1. The van der Waals surface area contributed by atoms with E-state index in [1.165, 1.54) is 83.1 Å². The first-order valence-corrected chi connectivity index (χ1v) is 21.9. The molecule has 0 saturated carbocycles. The van der Waals surface area contributed by atoms with Crippen molar-refractivity contribution in [3.05, 3.63) is 85.1 Å². The molecule has 292 valence electrons. The molecule has 0 aromatic rings. The molecule has 7 heteroatoms. The maximum atomic E-state index is 12.5. The Kier molecular flexibility index (Phi) is 35.5. The molecule has 2 atom stereocenters. The quantitative estimate of drug-likeness (QED) is 0.0342. The molecular weight excluding hydrogens is 655 g/mol. The van der Waals surface area contributed by atoms with Gasteiger partial charge in [-0.2, -0.15) is 8.42 Å². The van der Waals surface area contributed by atoms with E-state index in [4.69, 9.17) is 0 Å². The van der Waals surface area contributed by atoms with Gasteiger partial charge in [0.2, 0.25) is 5.91 Å². The molecule has 0 spiro atoms. The maximum absolute atomic E-state index is 12.5. The third-order valence-corrected chi connectivity index (χ3v) is 9.31. The van der Waals surface area contributed by atoms with Crippen molar-refractivity contribution in [2.45, 2.75) is 180 Å². The lowest BCUT2D eigenvalue weighted by Crippen LogP contribution is -2.46. The molecule has 3 N–H and O–H groups in total. The standard InChI is InChI=1S/C44H75NO5S/c1-3-5-7-9-11-13-15-17-19-20-21-22-23-24-26-27-29-31-33-35-37-39-43(46)42(41-51(48,49)50)45-44(47)40-38-36-34-32-30-28-25-18-16-14-12-10-8-6-4-2/h6,8,12,14,18,23-25,29-32,37,39,42-43,46H,3-5,7,9-11,13,15-17,19-22,26-28,33-36,38,40-41H2,1-2H3,(H,45,47)(H,48,49,50)/b8-6-,14-12-,24-23+,25-18-,31-29+,32-30-,39-37+. The van der Waals surface area contributed by atoms with E-state index in [1.807, 2.05) is 0 Å². The van der Waals surface area contributed by atoms with Gasteiger partial charge in [0.05, 0.1) is 17.9 Å². The molecule has 1 amide bonds. The van der Waals surface area contributed by atoms with Crippen LogP contribution in [0.1, 0.15) is 168 Å². The van der Waals surface area contributed by atoms with E-state index in [0.717, 1.165) is 57.8 Å². The van der Waals surface area contributed by atoms with Crippen molar-refractivity contribution in [1.82, 2.24) is 5.32 Å². The van der Waals surface area contributed by atoms with Crippen LogP contribution in [0.5, 0.6) is 0 Å². The molecule has 0 rings (SSSR count). The number of nitrogens with one attached hydrogen (secondary N) is 1. The van der Waals surface area contributed by atoms with Crippen LogP contribution in [-0.4, -0.2) is 41.9 Å². The summed E-state index contributed by atoms with van der Waals surface area (Å²) in [6.45, 7) is 4.40. The molecular formula is C44H75NO5S. The molecule has 51 heavy (non-hydrogen) atoms. The van der Waals surface area contributed by atoms with Crippen LogP contribution >= 0.6 is 0 Å². The molecule has 0 heterocycles. The van der Waals surface area contributed by atoms with E-state index >= 15 is 0 Å². The smallest absolute Gasteiger partial charge is 0.267 e. The van der Waals surface area contributed by atoms with Gasteiger partial charge in [-0.05, 0) is 83.5 Å². The monoisotopic (exact) mass is 730 g/mol. The first kappa shape index (κ1) is 48.5. The average Bonchev–Trinajstić information content (AvgIpc) is 3.09. The summed E-state index contributed by atoms with van der Waals surface area (Å²) in [5, 5.41) is 13.2. The number of rotatable bonds is 35. The molecule has 6 nitrogen and oxygen atoms in total. The van der Waals surface area contributed by atoms with E-state index in [-0.39, 0.29) is 12.3 Å². The molecule has 0 aliphatic heterocycles. The number of amides is 1. The summed E-state index contributed by atoms with van der Waals surface area (Å²) < 4.78 is 32.4. The molecule has 0 bridgehead atoms. The lowest BCUT2D eigenvalue weighted by molar-refractivity contribution is -0.122. The summed E-state index contributed by atoms with van der Waals surface area (Å²) in [5.41, 5.74) is 0. The van der Waals surface area contributed by atoms with Gasteiger partial charge in [-0.25, -0.2) is 0 Å². The topological polar surface area (TPSA) is 104 Å². The third-order valence-electron chi connectivity index (χ3n) is 8.53. The van der Waals surface area contributed by atoms with Crippen LogP contribution in [0, 0.1) is 0 Å². The Bertz CT molecular complexity index is 1120. The summed E-state index contributed by atoms with van der Waals surface area (Å²) >= 11 is 0. The Hall–Kier alpha value is -2.48. The van der Waals surface area contributed by atoms with Crippen LogP contribution in [0.2, 0.25) is 0 Å². The first-order chi connectivity index (χ1) is 24.8. The SMILES string of the molecule is CC/C=C\C/C=C\C/C=C\C/C=C\CCCCC(=O)NC(CS(=O)(=O)O)C(O)/C=C/CC/C=C/CC/C=C/CCCCCCCCCCCCC. The number of unbranched alkanes of at least 4 members (excludes halogenated alkanes) is 15. The van der Waals surface area contributed by atoms with Crippen molar-refractivity contribution in [3.63, 3.8) is 0 Å². The Morgan fingerprint density at radius 1 is 0.549 bits per heavy atom. The molecule has 2 unspecified atom stereocenters. The van der Waals surface area contributed by atoms with E-state index in [1.54, 1.807) is 6.08 Å². The second kappa shape index (κ2) is 37.3. The van der Waals surface area contributed by atoms with Gasteiger partial charge in [-0.15, -0.1) is 0 Å². The minimum atomic E-state index is -4.38. The van der Waals surface area contributed by atoms with Crippen molar-refractivity contribution < 1.29 is 22.9 Å². The molecule has 0 aromatic carbocycles. The van der Waals surface area contributed by atoms with Crippen molar-refractivity contribution in [2.24, 2.45) is 0 Å². The minimum Gasteiger partial charge on any atom is -0.387 e. The number of carbonyl (C=O) groups is 1. The highest BCUT2D eigenvalue weighted by molar-refractivity contribution is 7.85. The normalized spacial score (nSPS) is 14.2. The molecule has 0 saturated heterocycles. The van der Waals surface area contributed by atoms with Crippen molar-refractivity contribution in [3.8, 4) is 0 Å². The average molecular weight is 730 g/mol. The predicted molar refractivity (Wildman–Crippen MR) is 220 cm³/mol. The Labute approximate surface area is 314 Å². The van der Waals surface area contributed by atoms with E-state index < -0.39 is 28.0 Å². The highest BCUT2D eigenvalue weighted by Crippen LogP contribution is 2.12. The lowest BCUT2D eigenvalue weighted by Gasteiger charge is -2.21. The first-order valence-electron chi connectivity index (χ1n) is 20.3. The van der Waals surface area contributed by atoms with Crippen molar-refractivity contribution in [1.29, 1.82) is 0 Å². The summed E-state index contributed by atoms with van der Waals surface area (Å²) in [7, 11) is -4.38. The zero-order valence-corrected chi connectivity index (χ0v) is 33.3. The van der Waals surface area contributed by atoms with Gasteiger partial charge in [0.1, 0.15) is 0 Å². The highest BCUT2D eigenvalue weighted by atomic mass is 32.2.